The molecule has 0 saturated carbocycles. The van der Waals surface area contributed by atoms with E-state index >= 15 is 0 Å². The highest BCUT2D eigenvalue weighted by Gasteiger charge is 2.17. The zero-order chi connectivity index (χ0) is 15.1. The Morgan fingerprint density at radius 2 is 2.10 bits per heavy atom. The molecule has 21 heavy (non-hydrogen) atoms. The van der Waals surface area contributed by atoms with Gasteiger partial charge in [-0.1, -0.05) is 26.0 Å². The molecule has 1 heterocycles. The molecule has 0 spiro atoms. The van der Waals surface area contributed by atoms with Gasteiger partial charge in [0.2, 0.25) is 0 Å². The number of benzene rings is 1. The van der Waals surface area contributed by atoms with Gasteiger partial charge >= 0.3 is 0 Å². The van der Waals surface area contributed by atoms with Crippen LogP contribution in [0.15, 0.2) is 24.3 Å². The largest absolute Gasteiger partial charge is 0.492 e. The van der Waals surface area contributed by atoms with E-state index in [1.54, 1.807) is 0 Å². The Labute approximate surface area is 133 Å². The summed E-state index contributed by atoms with van der Waals surface area (Å²) in [5.74, 6) is 3.47. The molecule has 2 rings (SSSR count). The minimum Gasteiger partial charge on any atom is -0.492 e. The molecule has 0 aromatic heterocycles. The standard InChI is InChI=1S/C17H28N2OS/c1-14(2)18-12-16-4-6-17(7-5-16)20-10-8-19-9-11-21-13-15(19)3/h4-7,14-15,18H,8-13H2,1-3H3. The topological polar surface area (TPSA) is 24.5 Å². The predicted molar refractivity (Wildman–Crippen MR) is 92.3 cm³/mol. The zero-order valence-electron chi connectivity index (χ0n) is 13.5. The molecule has 1 saturated heterocycles. The molecule has 1 aromatic carbocycles. The molecular formula is C17H28N2OS. The van der Waals surface area contributed by atoms with Gasteiger partial charge in [0.25, 0.3) is 0 Å². The van der Waals surface area contributed by atoms with Crippen LogP contribution < -0.4 is 10.1 Å². The maximum Gasteiger partial charge on any atom is 0.119 e. The first-order valence-corrected chi connectivity index (χ1v) is 9.07. The van der Waals surface area contributed by atoms with E-state index in [0.717, 1.165) is 25.4 Å². The van der Waals surface area contributed by atoms with E-state index in [4.69, 9.17) is 4.74 Å². The molecule has 3 nitrogen and oxygen atoms in total. The van der Waals surface area contributed by atoms with Crippen LogP contribution >= 0.6 is 11.8 Å². The van der Waals surface area contributed by atoms with Gasteiger partial charge in [0.1, 0.15) is 12.4 Å². The summed E-state index contributed by atoms with van der Waals surface area (Å²) < 4.78 is 5.87. The van der Waals surface area contributed by atoms with Crippen LogP contribution in [0.2, 0.25) is 0 Å². The lowest BCUT2D eigenvalue weighted by atomic mass is 10.2. The summed E-state index contributed by atoms with van der Waals surface area (Å²) in [6, 6.07) is 9.64. The molecule has 0 radical (unpaired) electrons. The number of nitrogens with zero attached hydrogens (tertiary/aromatic N) is 1. The number of rotatable bonds is 7. The Morgan fingerprint density at radius 1 is 1.33 bits per heavy atom. The minimum atomic E-state index is 0.519. The lowest BCUT2D eigenvalue weighted by molar-refractivity contribution is 0.183. The summed E-state index contributed by atoms with van der Waals surface area (Å²) >= 11 is 2.06. The third-order valence-electron chi connectivity index (χ3n) is 3.79. The fraction of sp³-hybridized carbons (Fsp3) is 0.647. The molecule has 118 valence electrons. The molecule has 0 amide bonds. The van der Waals surface area contributed by atoms with E-state index < -0.39 is 0 Å². The van der Waals surface area contributed by atoms with E-state index in [0.29, 0.717) is 12.1 Å². The van der Waals surface area contributed by atoms with E-state index in [9.17, 15) is 0 Å². The molecule has 0 aliphatic carbocycles. The van der Waals surface area contributed by atoms with Crippen molar-refractivity contribution in [2.75, 3.05) is 31.2 Å². The second-order valence-electron chi connectivity index (χ2n) is 5.99. The Balaban J connectivity index is 1.70. The monoisotopic (exact) mass is 308 g/mol. The first-order valence-electron chi connectivity index (χ1n) is 7.92. The van der Waals surface area contributed by atoms with Gasteiger partial charge < -0.3 is 10.1 Å². The van der Waals surface area contributed by atoms with Gasteiger partial charge in [0.05, 0.1) is 0 Å². The molecule has 0 bridgehead atoms. The predicted octanol–water partition coefficient (Wildman–Crippen LogP) is 3.00. The van der Waals surface area contributed by atoms with Crippen LogP contribution in [0.1, 0.15) is 26.3 Å². The molecule has 1 aromatic rings. The number of nitrogens with one attached hydrogen (secondary N) is 1. The minimum absolute atomic E-state index is 0.519. The molecule has 1 unspecified atom stereocenters. The number of hydrogen-bond acceptors (Lipinski definition) is 4. The SMILES string of the molecule is CC(C)NCc1ccc(OCCN2CCSCC2C)cc1. The highest BCUT2D eigenvalue weighted by molar-refractivity contribution is 7.99. The van der Waals surface area contributed by atoms with Crippen LogP contribution in [0.4, 0.5) is 0 Å². The van der Waals surface area contributed by atoms with Gasteiger partial charge in [-0.05, 0) is 24.6 Å². The lowest BCUT2D eigenvalue weighted by Crippen LogP contribution is -2.42. The van der Waals surface area contributed by atoms with Gasteiger partial charge in [-0.3, -0.25) is 4.90 Å². The summed E-state index contributed by atoms with van der Waals surface area (Å²) in [6.45, 7) is 10.5. The maximum atomic E-state index is 5.87. The van der Waals surface area contributed by atoms with Crippen molar-refractivity contribution in [1.29, 1.82) is 0 Å². The smallest absolute Gasteiger partial charge is 0.119 e. The average molecular weight is 308 g/mol. The summed E-state index contributed by atoms with van der Waals surface area (Å²) in [5, 5.41) is 3.42. The Morgan fingerprint density at radius 3 is 2.76 bits per heavy atom. The highest BCUT2D eigenvalue weighted by Crippen LogP contribution is 2.16. The van der Waals surface area contributed by atoms with E-state index in [1.165, 1.54) is 23.6 Å². The second kappa shape index (κ2) is 8.66. The molecule has 4 heteroatoms. The lowest BCUT2D eigenvalue weighted by Gasteiger charge is -2.32. The third-order valence-corrected chi connectivity index (χ3v) is 4.98. The first-order chi connectivity index (χ1) is 10.1. The molecule has 1 aliphatic heterocycles. The van der Waals surface area contributed by atoms with Gasteiger partial charge in [0.15, 0.2) is 0 Å². The zero-order valence-corrected chi connectivity index (χ0v) is 14.3. The highest BCUT2D eigenvalue weighted by atomic mass is 32.2. The van der Waals surface area contributed by atoms with Crippen molar-refractivity contribution in [2.24, 2.45) is 0 Å². The van der Waals surface area contributed by atoms with E-state index in [1.807, 2.05) is 0 Å². The van der Waals surface area contributed by atoms with Crippen LogP contribution in [0.3, 0.4) is 0 Å². The van der Waals surface area contributed by atoms with Crippen molar-refractivity contribution >= 4 is 11.8 Å². The van der Waals surface area contributed by atoms with Crippen LogP contribution in [0.5, 0.6) is 5.75 Å². The van der Waals surface area contributed by atoms with Gasteiger partial charge in [-0.15, -0.1) is 0 Å². The fourth-order valence-electron chi connectivity index (χ4n) is 2.40. The van der Waals surface area contributed by atoms with E-state index in [-0.39, 0.29) is 0 Å². The van der Waals surface area contributed by atoms with Crippen molar-refractivity contribution in [2.45, 2.75) is 39.4 Å². The number of hydrogen-bond donors (Lipinski definition) is 1. The molecule has 1 N–H and O–H groups in total. The fourth-order valence-corrected chi connectivity index (χ4v) is 3.48. The van der Waals surface area contributed by atoms with Gasteiger partial charge in [0, 0.05) is 43.2 Å². The number of ether oxygens (including phenoxy) is 1. The van der Waals surface area contributed by atoms with E-state index in [2.05, 4.69) is 67.0 Å². The summed E-state index contributed by atoms with van der Waals surface area (Å²) in [5.41, 5.74) is 1.30. The van der Waals surface area contributed by atoms with Gasteiger partial charge in [-0.25, -0.2) is 0 Å². The first kappa shape index (κ1) is 16.7. The van der Waals surface area contributed by atoms with Crippen molar-refractivity contribution < 1.29 is 4.74 Å². The summed E-state index contributed by atoms with van der Waals surface area (Å²) in [7, 11) is 0. The molecule has 1 fully saturated rings. The molecule has 1 aliphatic rings. The van der Waals surface area contributed by atoms with Crippen molar-refractivity contribution in [3.05, 3.63) is 29.8 Å². The maximum absolute atomic E-state index is 5.87. The Hall–Kier alpha value is -0.710. The Bertz CT molecular complexity index is 408. The number of thioether (sulfide) groups is 1. The van der Waals surface area contributed by atoms with Gasteiger partial charge in [-0.2, -0.15) is 11.8 Å². The van der Waals surface area contributed by atoms with Crippen molar-refractivity contribution in [3.8, 4) is 5.75 Å². The van der Waals surface area contributed by atoms with Crippen LogP contribution in [-0.4, -0.2) is 48.2 Å². The van der Waals surface area contributed by atoms with Crippen molar-refractivity contribution in [1.82, 2.24) is 10.2 Å². The quantitative estimate of drug-likeness (QED) is 0.837. The summed E-state index contributed by atoms with van der Waals surface area (Å²) in [4.78, 5) is 2.53. The average Bonchev–Trinajstić information content (AvgIpc) is 2.48. The normalized spacial score (nSPS) is 19.9. The van der Waals surface area contributed by atoms with Crippen molar-refractivity contribution in [3.63, 3.8) is 0 Å². The summed E-state index contributed by atoms with van der Waals surface area (Å²) in [6.07, 6.45) is 0. The molecule has 1 atom stereocenters. The van der Waals surface area contributed by atoms with Crippen LogP contribution in [-0.2, 0) is 6.54 Å². The van der Waals surface area contributed by atoms with Crippen LogP contribution in [0, 0.1) is 0 Å². The molecular weight excluding hydrogens is 280 g/mol. The third kappa shape index (κ3) is 5.89. The van der Waals surface area contributed by atoms with Crippen LogP contribution in [0.25, 0.3) is 0 Å². The second-order valence-corrected chi connectivity index (χ2v) is 7.14. The Kier molecular flexibility index (Phi) is 6.87.